The normalized spacial score (nSPS) is 12.5. The molecule has 0 fully saturated rings. The van der Waals surface area contributed by atoms with Crippen molar-refractivity contribution >= 4 is 46.4 Å². The Morgan fingerprint density at radius 1 is 1.31 bits per heavy atom. The van der Waals surface area contributed by atoms with Gasteiger partial charge in [0.1, 0.15) is 0 Å². The minimum atomic E-state index is -0.516. The number of anilines is 1. The number of carbonyl (C=O) groups excluding carboxylic acids is 2. The van der Waals surface area contributed by atoms with Crippen LogP contribution in [0.5, 0.6) is 0 Å². The molecule has 0 atom stereocenters. The van der Waals surface area contributed by atoms with E-state index in [0.717, 1.165) is 17.3 Å². The Morgan fingerprint density at radius 3 is 2.93 bits per heavy atom. The van der Waals surface area contributed by atoms with Gasteiger partial charge in [-0.3, -0.25) is 19.7 Å². The highest BCUT2D eigenvalue weighted by Crippen LogP contribution is 2.31. The van der Waals surface area contributed by atoms with Crippen molar-refractivity contribution in [1.29, 1.82) is 0 Å². The number of nitrogens with one attached hydrogen (secondary N) is 1. The molecule has 4 rings (SSSR count). The fourth-order valence-electron chi connectivity index (χ4n) is 2.80. The lowest BCUT2D eigenvalue weighted by Gasteiger charge is -2.06. The molecule has 1 aliphatic heterocycles. The second kappa shape index (κ2) is 7.64. The first-order valence-electron chi connectivity index (χ1n) is 8.27. The van der Waals surface area contributed by atoms with Crippen LogP contribution in [0.4, 0.5) is 11.4 Å². The van der Waals surface area contributed by atoms with Gasteiger partial charge in [0, 0.05) is 28.9 Å². The highest BCUT2D eigenvalue weighted by Gasteiger charge is 2.22. The lowest BCUT2D eigenvalue weighted by molar-refractivity contribution is -0.384. The molecule has 0 spiro atoms. The second-order valence-electron chi connectivity index (χ2n) is 6.11. The molecule has 1 aromatic heterocycles. The minimum absolute atomic E-state index is 0.00352. The molecule has 146 valence electrons. The lowest BCUT2D eigenvalue weighted by Crippen LogP contribution is -2.04. The number of thioether (sulfide) groups is 1. The molecule has 0 saturated carbocycles. The maximum Gasteiger partial charge on any atom is 0.277 e. The van der Waals surface area contributed by atoms with Gasteiger partial charge in [-0.1, -0.05) is 29.4 Å². The Kier molecular flexibility index (Phi) is 5.03. The number of halogens is 1. The van der Waals surface area contributed by atoms with Crippen LogP contribution >= 0.6 is 23.4 Å². The van der Waals surface area contributed by atoms with Crippen LogP contribution < -0.4 is 5.32 Å². The van der Waals surface area contributed by atoms with Crippen molar-refractivity contribution < 1.29 is 18.9 Å². The zero-order valence-electron chi connectivity index (χ0n) is 14.5. The Labute approximate surface area is 172 Å². The fourth-order valence-corrected chi connectivity index (χ4v) is 3.72. The fraction of sp³-hybridized carbons (Fsp3) is 0.111. The van der Waals surface area contributed by atoms with Gasteiger partial charge in [-0.25, -0.2) is 0 Å². The number of ketones is 1. The molecule has 2 aromatic carbocycles. The van der Waals surface area contributed by atoms with Crippen molar-refractivity contribution in [1.82, 2.24) is 10.2 Å². The van der Waals surface area contributed by atoms with Crippen LogP contribution in [0, 0.1) is 10.1 Å². The van der Waals surface area contributed by atoms with E-state index in [1.807, 2.05) is 0 Å². The van der Waals surface area contributed by atoms with Gasteiger partial charge in [0.2, 0.25) is 11.8 Å². The molecule has 1 N–H and O–H groups in total. The zero-order chi connectivity index (χ0) is 20.5. The largest absolute Gasteiger partial charge is 0.411 e. The van der Waals surface area contributed by atoms with E-state index in [0.29, 0.717) is 16.8 Å². The summed E-state index contributed by atoms with van der Waals surface area (Å²) < 4.78 is 5.49. The van der Waals surface area contributed by atoms with Crippen molar-refractivity contribution in [2.24, 2.45) is 0 Å². The number of nitro groups is 1. The van der Waals surface area contributed by atoms with Crippen LogP contribution in [0.25, 0.3) is 11.5 Å². The Hall–Kier alpha value is -3.24. The topological polar surface area (TPSA) is 128 Å². The minimum Gasteiger partial charge on any atom is -0.411 e. The van der Waals surface area contributed by atoms with Gasteiger partial charge in [-0.15, -0.1) is 10.2 Å². The maximum absolute atomic E-state index is 12.5. The third-order valence-corrected chi connectivity index (χ3v) is 5.29. The predicted octanol–water partition coefficient (Wildman–Crippen LogP) is 3.77. The summed E-state index contributed by atoms with van der Waals surface area (Å²) in [5.74, 6) is -0.285. The third-order valence-electron chi connectivity index (χ3n) is 4.16. The van der Waals surface area contributed by atoms with Gasteiger partial charge >= 0.3 is 0 Å². The molecule has 0 saturated heterocycles. The molecule has 0 bridgehead atoms. The quantitative estimate of drug-likeness (QED) is 0.271. The van der Waals surface area contributed by atoms with Gasteiger partial charge < -0.3 is 9.73 Å². The summed E-state index contributed by atoms with van der Waals surface area (Å²) >= 11 is 7.20. The van der Waals surface area contributed by atoms with Crippen molar-refractivity contribution in [3.05, 3.63) is 62.7 Å². The highest BCUT2D eigenvalue weighted by atomic mass is 35.5. The number of rotatable bonds is 6. The van der Waals surface area contributed by atoms with Crippen molar-refractivity contribution in [2.45, 2.75) is 11.6 Å². The lowest BCUT2D eigenvalue weighted by atomic mass is 10.1. The van der Waals surface area contributed by atoms with Crippen LogP contribution in [0.3, 0.4) is 0 Å². The average molecular weight is 431 g/mol. The van der Waals surface area contributed by atoms with Crippen LogP contribution in [0.15, 0.2) is 46.0 Å². The number of fused-ring (bicyclic) bond motifs is 1. The molecule has 29 heavy (non-hydrogen) atoms. The Balaban J connectivity index is 1.46. The molecule has 3 aromatic rings. The number of amides is 1. The summed E-state index contributed by atoms with van der Waals surface area (Å²) in [7, 11) is 0. The molecular formula is C18H11ClN4O5S. The van der Waals surface area contributed by atoms with Crippen molar-refractivity contribution in [3.8, 4) is 11.5 Å². The molecule has 0 unspecified atom stereocenters. The maximum atomic E-state index is 12.5. The molecule has 1 amide bonds. The van der Waals surface area contributed by atoms with Crippen LogP contribution in [-0.4, -0.2) is 32.6 Å². The first kappa shape index (κ1) is 19.1. The van der Waals surface area contributed by atoms with Gasteiger partial charge in [0.15, 0.2) is 5.78 Å². The number of aromatic nitrogens is 2. The molecule has 0 aliphatic carbocycles. The molecule has 2 heterocycles. The monoisotopic (exact) mass is 430 g/mol. The van der Waals surface area contributed by atoms with E-state index in [2.05, 4.69) is 15.5 Å². The molecule has 1 aliphatic rings. The van der Waals surface area contributed by atoms with E-state index in [9.17, 15) is 19.7 Å². The number of non-ortho nitro benzene ring substituents is 1. The second-order valence-corrected chi connectivity index (χ2v) is 7.44. The van der Waals surface area contributed by atoms with E-state index in [-0.39, 0.29) is 45.7 Å². The Morgan fingerprint density at radius 2 is 2.14 bits per heavy atom. The number of hydrogen-bond acceptors (Lipinski definition) is 8. The summed E-state index contributed by atoms with van der Waals surface area (Å²) in [5, 5.41) is 21.7. The number of benzene rings is 2. The van der Waals surface area contributed by atoms with Crippen LogP contribution in [0.2, 0.25) is 5.02 Å². The van der Waals surface area contributed by atoms with Crippen molar-refractivity contribution in [3.63, 3.8) is 0 Å². The average Bonchev–Trinajstić information content (AvgIpc) is 3.31. The van der Waals surface area contributed by atoms with E-state index in [1.54, 1.807) is 18.2 Å². The predicted molar refractivity (Wildman–Crippen MR) is 105 cm³/mol. The molecule has 9 nitrogen and oxygen atoms in total. The van der Waals surface area contributed by atoms with Crippen LogP contribution in [0.1, 0.15) is 15.9 Å². The summed E-state index contributed by atoms with van der Waals surface area (Å²) in [4.78, 5) is 34.4. The number of Topliss-reactive ketones (excluding diaryl/α,β-unsaturated/α-hetero) is 1. The van der Waals surface area contributed by atoms with E-state index < -0.39 is 4.92 Å². The standard InChI is InChI=1S/C18H11ClN4O5S/c19-13-7-14-10(6-16(25)20-14)5-12(13)15(24)8-29-18-22-21-17(28-18)9-2-1-3-11(4-9)23(26)27/h1-5,7H,6,8H2,(H,20,25). The van der Waals surface area contributed by atoms with E-state index in [4.69, 9.17) is 16.0 Å². The Bertz CT molecular complexity index is 1160. The van der Waals surface area contributed by atoms with E-state index in [1.165, 1.54) is 18.2 Å². The zero-order valence-corrected chi connectivity index (χ0v) is 16.1. The SMILES string of the molecule is O=C1Cc2cc(C(=O)CSc3nnc(-c4cccc([N+](=O)[O-])c4)o3)c(Cl)cc2N1. The third kappa shape index (κ3) is 3.98. The first-order valence-corrected chi connectivity index (χ1v) is 9.63. The molecule has 0 radical (unpaired) electrons. The number of hydrogen-bond donors (Lipinski definition) is 1. The van der Waals surface area contributed by atoms with Crippen molar-refractivity contribution in [2.75, 3.05) is 11.1 Å². The van der Waals surface area contributed by atoms with Gasteiger partial charge in [0.25, 0.3) is 10.9 Å². The number of carbonyl (C=O) groups is 2. The van der Waals surface area contributed by atoms with Gasteiger partial charge in [0.05, 0.1) is 22.1 Å². The summed E-state index contributed by atoms with van der Waals surface area (Å²) in [6.45, 7) is 0. The van der Waals surface area contributed by atoms with E-state index >= 15 is 0 Å². The molecular weight excluding hydrogens is 420 g/mol. The summed E-state index contributed by atoms with van der Waals surface area (Å²) in [5.41, 5.74) is 1.96. The number of nitrogens with zero attached hydrogens (tertiary/aromatic N) is 3. The van der Waals surface area contributed by atoms with Gasteiger partial charge in [-0.05, 0) is 23.8 Å². The highest BCUT2D eigenvalue weighted by molar-refractivity contribution is 7.99. The summed E-state index contributed by atoms with van der Waals surface area (Å²) in [6, 6.07) is 8.99. The first-order chi connectivity index (χ1) is 13.9. The smallest absolute Gasteiger partial charge is 0.277 e. The summed E-state index contributed by atoms with van der Waals surface area (Å²) in [6.07, 6.45) is 0.205. The van der Waals surface area contributed by atoms with Crippen LogP contribution in [-0.2, 0) is 11.2 Å². The molecule has 11 heteroatoms. The number of nitro benzene ring substituents is 1. The van der Waals surface area contributed by atoms with Gasteiger partial charge in [-0.2, -0.15) is 0 Å².